The number of imidazole rings is 1. The van der Waals surface area contributed by atoms with Gasteiger partial charge in [-0.15, -0.1) is 0 Å². The van der Waals surface area contributed by atoms with Crippen molar-refractivity contribution in [3.63, 3.8) is 0 Å². The van der Waals surface area contributed by atoms with E-state index < -0.39 is 11.6 Å². The van der Waals surface area contributed by atoms with Crippen molar-refractivity contribution >= 4 is 17.1 Å². The molecule has 3 aromatic heterocycles. The van der Waals surface area contributed by atoms with Crippen LogP contribution in [0.5, 0.6) is 0 Å². The van der Waals surface area contributed by atoms with E-state index in [1.54, 1.807) is 23.1 Å². The Hall–Kier alpha value is -3.75. The summed E-state index contributed by atoms with van der Waals surface area (Å²) in [6.07, 6.45) is 10.3. The summed E-state index contributed by atoms with van der Waals surface area (Å²) in [4.78, 5) is 19.6. The number of halogens is 2. The number of amides is 1. The number of nitrogens with one attached hydrogen (secondary N) is 1. The molecule has 2 aliphatic heterocycles. The molecule has 0 aliphatic carbocycles. The lowest BCUT2D eigenvalue weighted by Crippen LogP contribution is -2.40. The van der Waals surface area contributed by atoms with E-state index in [1.807, 2.05) is 18.3 Å². The predicted octanol–water partition coefficient (Wildman–Crippen LogP) is 3.90. The van der Waals surface area contributed by atoms with E-state index in [0.29, 0.717) is 23.1 Å². The highest BCUT2D eigenvalue weighted by atomic mass is 19.1. The van der Waals surface area contributed by atoms with Crippen molar-refractivity contribution in [1.82, 2.24) is 24.5 Å². The third kappa shape index (κ3) is 3.61. The molecule has 2 aliphatic rings. The number of carbonyl (C=O) groups is 1. The van der Waals surface area contributed by atoms with Gasteiger partial charge >= 0.3 is 0 Å². The van der Waals surface area contributed by atoms with Gasteiger partial charge in [-0.3, -0.25) is 4.79 Å². The second-order valence-corrected chi connectivity index (χ2v) is 8.99. The molecule has 34 heavy (non-hydrogen) atoms. The molecular formula is C25H24F2N6O. The van der Waals surface area contributed by atoms with E-state index in [0.717, 1.165) is 49.9 Å². The molecule has 0 spiro atoms. The summed E-state index contributed by atoms with van der Waals surface area (Å²) in [5, 5.41) is 7.47. The molecule has 0 radical (unpaired) electrons. The second kappa shape index (κ2) is 8.23. The Balaban J connectivity index is 1.27. The van der Waals surface area contributed by atoms with E-state index >= 15 is 0 Å². The highest BCUT2D eigenvalue weighted by Crippen LogP contribution is 2.38. The summed E-state index contributed by atoms with van der Waals surface area (Å²) in [5.41, 5.74) is 2.38. The zero-order chi connectivity index (χ0) is 23.2. The number of aromatic nitrogens is 4. The lowest BCUT2D eigenvalue weighted by atomic mass is 10.0. The molecule has 5 heterocycles. The van der Waals surface area contributed by atoms with Crippen LogP contribution in [-0.2, 0) is 13.0 Å². The van der Waals surface area contributed by atoms with Crippen LogP contribution in [0.25, 0.3) is 5.52 Å². The first-order valence-electron chi connectivity index (χ1n) is 11.6. The van der Waals surface area contributed by atoms with E-state index in [1.165, 1.54) is 12.1 Å². The summed E-state index contributed by atoms with van der Waals surface area (Å²) in [6.45, 7) is 1.55. The van der Waals surface area contributed by atoms with Gasteiger partial charge in [0.25, 0.3) is 5.91 Å². The molecule has 174 valence electrons. The number of carbonyl (C=O) groups excluding carboxylic acids is 1. The molecule has 1 N–H and O–H groups in total. The maximum absolute atomic E-state index is 14.5. The van der Waals surface area contributed by atoms with Crippen molar-refractivity contribution in [2.45, 2.75) is 44.3 Å². The number of rotatable bonds is 4. The van der Waals surface area contributed by atoms with E-state index in [9.17, 15) is 13.6 Å². The topological polar surface area (TPSA) is 67.5 Å². The Kier molecular flexibility index (Phi) is 5.04. The highest BCUT2D eigenvalue weighted by Gasteiger charge is 2.30. The molecule has 0 bridgehead atoms. The number of hydrogen-bond donors (Lipinski definition) is 1. The van der Waals surface area contributed by atoms with Crippen molar-refractivity contribution < 1.29 is 13.6 Å². The van der Waals surface area contributed by atoms with E-state index in [4.69, 9.17) is 0 Å². The number of anilines is 1. The highest BCUT2D eigenvalue weighted by molar-refractivity contribution is 6.01. The average Bonchev–Trinajstić information content (AvgIpc) is 3.59. The Morgan fingerprint density at radius 1 is 1.09 bits per heavy atom. The minimum absolute atomic E-state index is 0.0134. The molecule has 1 saturated heterocycles. The van der Waals surface area contributed by atoms with Crippen LogP contribution in [0.1, 0.15) is 47.1 Å². The molecule has 2 atom stereocenters. The number of pyridine rings is 1. The molecule has 1 amide bonds. The van der Waals surface area contributed by atoms with Gasteiger partial charge in [-0.1, -0.05) is 0 Å². The van der Waals surface area contributed by atoms with Crippen LogP contribution in [-0.4, -0.2) is 37.7 Å². The number of fused-ring (bicyclic) bond motifs is 2. The fraction of sp³-hybridized carbons (Fsp3) is 0.320. The van der Waals surface area contributed by atoms with Gasteiger partial charge in [-0.25, -0.2) is 18.3 Å². The van der Waals surface area contributed by atoms with Crippen LogP contribution in [0.4, 0.5) is 14.5 Å². The quantitative estimate of drug-likeness (QED) is 0.500. The first-order chi connectivity index (χ1) is 16.6. The normalized spacial score (nSPS) is 20.0. The molecule has 9 heteroatoms. The molecule has 0 saturated carbocycles. The summed E-state index contributed by atoms with van der Waals surface area (Å²) >= 11 is 0. The van der Waals surface area contributed by atoms with Gasteiger partial charge in [-0.05, 0) is 49.6 Å². The van der Waals surface area contributed by atoms with Crippen molar-refractivity contribution in [3.05, 3.63) is 83.7 Å². The fourth-order valence-corrected chi connectivity index (χ4v) is 5.23. The lowest BCUT2D eigenvalue weighted by Gasteiger charge is -2.27. The molecule has 1 unspecified atom stereocenters. The number of benzene rings is 1. The van der Waals surface area contributed by atoms with Gasteiger partial charge < -0.3 is 14.8 Å². The van der Waals surface area contributed by atoms with Crippen LogP contribution < -0.4 is 10.2 Å². The molecule has 7 nitrogen and oxygen atoms in total. The van der Waals surface area contributed by atoms with Gasteiger partial charge in [0.15, 0.2) is 0 Å². The van der Waals surface area contributed by atoms with E-state index in [2.05, 4.69) is 24.9 Å². The Bertz CT molecular complexity index is 1380. The van der Waals surface area contributed by atoms with Gasteiger partial charge in [0.05, 0.1) is 23.3 Å². The molecule has 1 fully saturated rings. The standard InChI is InChI=1S/C25H24F2N6O/c26-16-3-4-21(27)19(12-16)22-2-1-8-32(22)18-6-10-33-23(14-18)20(15-29-33)25(34)30-17-5-9-31-11-7-28-24(31)13-17/h3-4,6-7,10-12,14-15,17,22H,1-2,5,8-9,13H2,(H,30,34)/t17?,22-/m1/s1. The Labute approximate surface area is 195 Å². The first kappa shape index (κ1) is 20.8. The van der Waals surface area contributed by atoms with Crippen molar-refractivity contribution in [2.24, 2.45) is 0 Å². The van der Waals surface area contributed by atoms with Gasteiger partial charge in [0.1, 0.15) is 17.5 Å². The van der Waals surface area contributed by atoms with E-state index in [-0.39, 0.29) is 18.0 Å². The summed E-state index contributed by atoms with van der Waals surface area (Å²) in [6, 6.07) is 7.17. The first-order valence-corrected chi connectivity index (χ1v) is 11.6. The fourth-order valence-electron chi connectivity index (χ4n) is 5.23. The minimum Gasteiger partial charge on any atom is -0.364 e. The third-order valence-corrected chi connectivity index (χ3v) is 6.94. The summed E-state index contributed by atoms with van der Waals surface area (Å²) in [7, 11) is 0. The van der Waals surface area contributed by atoms with Crippen LogP contribution in [0, 0.1) is 11.6 Å². The van der Waals surface area contributed by atoms with Crippen LogP contribution >= 0.6 is 0 Å². The zero-order valence-corrected chi connectivity index (χ0v) is 18.5. The largest absolute Gasteiger partial charge is 0.364 e. The molecular weight excluding hydrogens is 438 g/mol. The van der Waals surface area contributed by atoms with Gasteiger partial charge in [0.2, 0.25) is 0 Å². The SMILES string of the molecule is O=C(NC1CCn2ccnc2C1)c1cnn2ccc(N3CCC[C@@H]3c3cc(F)ccc3F)cc12. The summed E-state index contributed by atoms with van der Waals surface area (Å²) < 4.78 is 32.1. The summed E-state index contributed by atoms with van der Waals surface area (Å²) in [5.74, 6) is -0.0507. The monoisotopic (exact) mass is 462 g/mol. The molecule has 6 rings (SSSR count). The predicted molar refractivity (Wildman–Crippen MR) is 123 cm³/mol. The minimum atomic E-state index is -0.446. The van der Waals surface area contributed by atoms with Crippen molar-refractivity contribution in [3.8, 4) is 0 Å². The van der Waals surface area contributed by atoms with Gasteiger partial charge in [0, 0.05) is 55.4 Å². The number of hydrogen-bond acceptors (Lipinski definition) is 4. The zero-order valence-electron chi connectivity index (χ0n) is 18.5. The Morgan fingerprint density at radius 2 is 2.00 bits per heavy atom. The Morgan fingerprint density at radius 3 is 2.91 bits per heavy atom. The van der Waals surface area contributed by atoms with Crippen LogP contribution in [0.15, 0.2) is 55.1 Å². The second-order valence-electron chi connectivity index (χ2n) is 8.99. The number of nitrogens with zero attached hydrogens (tertiary/aromatic N) is 5. The molecule has 4 aromatic rings. The maximum atomic E-state index is 14.5. The molecule has 1 aromatic carbocycles. The maximum Gasteiger partial charge on any atom is 0.255 e. The van der Waals surface area contributed by atoms with Crippen LogP contribution in [0.3, 0.4) is 0 Å². The lowest BCUT2D eigenvalue weighted by molar-refractivity contribution is 0.0932. The smallest absolute Gasteiger partial charge is 0.255 e. The van der Waals surface area contributed by atoms with Gasteiger partial charge in [-0.2, -0.15) is 5.10 Å². The number of aryl methyl sites for hydroxylation is 1. The third-order valence-electron chi connectivity index (χ3n) is 6.94. The van der Waals surface area contributed by atoms with Crippen molar-refractivity contribution in [2.75, 3.05) is 11.4 Å². The average molecular weight is 463 g/mol. The van der Waals surface area contributed by atoms with Crippen molar-refractivity contribution in [1.29, 1.82) is 0 Å². The van der Waals surface area contributed by atoms with Crippen LogP contribution in [0.2, 0.25) is 0 Å².